The van der Waals surface area contributed by atoms with Gasteiger partial charge >= 0.3 is 0 Å². The maximum Gasteiger partial charge on any atom is 0.137 e. The van der Waals surface area contributed by atoms with E-state index in [0.29, 0.717) is 6.10 Å². The highest BCUT2D eigenvalue weighted by molar-refractivity contribution is 5.58. The Labute approximate surface area is 115 Å². The van der Waals surface area contributed by atoms with Crippen molar-refractivity contribution in [3.8, 4) is 0 Å². The first-order chi connectivity index (χ1) is 9.26. The van der Waals surface area contributed by atoms with Crippen LogP contribution in [0.25, 0.3) is 0 Å². The molecule has 0 aromatic carbocycles. The first-order valence-electron chi connectivity index (χ1n) is 7.09. The fourth-order valence-corrected chi connectivity index (χ4v) is 2.48. The zero-order valence-electron chi connectivity index (χ0n) is 12.1. The molecule has 0 amide bonds. The van der Waals surface area contributed by atoms with Crippen molar-refractivity contribution in [2.75, 3.05) is 37.0 Å². The summed E-state index contributed by atoms with van der Waals surface area (Å²) < 4.78 is 5.41. The largest absolute Gasteiger partial charge is 0.381 e. The lowest BCUT2D eigenvalue weighted by molar-refractivity contribution is 0.0818. The first-order valence-corrected chi connectivity index (χ1v) is 7.09. The minimum Gasteiger partial charge on any atom is -0.381 e. The molecule has 0 spiro atoms. The van der Waals surface area contributed by atoms with Gasteiger partial charge in [-0.1, -0.05) is 6.92 Å². The van der Waals surface area contributed by atoms with Crippen molar-refractivity contribution in [1.82, 2.24) is 9.97 Å². The predicted molar refractivity (Wildman–Crippen MR) is 77.8 cm³/mol. The van der Waals surface area contributed by atoms with Crippen LogP contribution >= 0.6 is 0 Å². The highest BCUT2D eigenvalue weighted by Crippen LogP contribution is 2.25. The Morgan fingerprint density at radius 2 is 2.11 bits per heavy atom. The third kappa shape index (κ3) is 3.35. The number of nitrogens with one attached hydrogen (secondary N) is 1. The van der Waals surface area contributed by atoms with Crippen LogP contribution in [-0.4, -0.2) is 42.8 Å². The molecule has 0 aliphatic carbocycles. The van der Waals surface area contributed by atoms with Gasteiger partial charge in [-0.25, -0.2) is 9.97 Å². The molecule has 0 radical (unpaired) electrons. The standard InChI is InChI=1S/C14H24N4O/c1-4-7-15-13-11(2)14(17-10-16-13)18-8-5-12(19-3)6-9-18/h10,12H,4-9H2,1-3H3,(H,15,16,17). The molecule has 5 heteroatoms. The van der Waals surface area contributed by atoms with Gasteiger partial charge in [-0.2, -0.15) is 0 Å². The number of hydrogen-bond acceptors (Lipinski definition) is 5. The van der Waals surface area contributed by atoms with E-state index >= 15 is 0 Å². The van der Waals surface area contributed by atoms with E-state index in [4.69, 9.17) is 4.74 Å². The number of nitrogens with zero attached hydrogens (tertiary/aromatic N) is 3. The molecule has 0 atom stereocenters. The quantitative estimate of drug-likeness (QED) is 0.883. The second-order valence-electron chi connectivity index (χ2n) is 5.02. The van der Waals surface area contributed by atoms with Gasteiger partial charge in [0, 0.05) is 32.3 Å². The number of rotatable bonds is 5. The van der Waals surface area contributed by atoms with Gasteiger partial charge in [0.15, 0.2) is 0 Å². The molecule has 5 nitrogen and oxygen atoms in total. The van der Waals surface area contributed by atoms with Crippen LogP contribution in [0.1, 0.15) is 31.7 Å². The van der Waals surface area contributed by atoms with Gasteiger partial charge < -0.3 is 15.0 Å². The highest BCUT2D eigenvalue weighted by atomic mass is 16.5. The van der Waals surface area contributed by atoms with E-state index in [1.165, 1.54) is 0 Å². The number of methoxy groups -OCH3 is 1. The highest BCUT2D eigenvalue weighted by Gasteiger charge is 2.21. The van der Waals surface area contributed by atoms with Crippen molar-refractivity contribution in [3.05, 3.63) is 11.9 Å². The summed E-state index contributed by atoms with van der Waals surface area (Å²) in [6.07, 6.45) is 5.28. The van der Waals surface area contributed by atoms with E-state index in [-0.39, 0.29) is 0 Å². The number of ether oxygens (including phenoxy) is 1. The van der Waals surface area contributed by atoms with Crippen LogP contribution in [0, 0.1) is 6.92 Å². The predicted octanol–water partition coefficient (Wildman–Crippen LogP) is 2.22. The van der Waals surface area contributed by atoms with E-state index in [1.54, 1.807) is 13.4 Å². The normalized spacial score (nSPS) is 16.7. The summed E-state index contributed by atoms with van der Waals surface area (Å²) in [4.78, 5) is 11.1. The molecule has 2 rings (SSSR count). The van der Waals surface area contributed by atoms with Crippen LogP contribution < -0.4 is 10.2 Å². The maximum absolute atomic E-state index is 5.41. The van der Waals surface area contributed by atoms with Gasteiger partial charge in [0.1, 0.15) is 18.0 Å². The maximum atomic E-state index is 5.41. The van der Waals surface area contributed by atoms with Crippen LogP contribution in [0.2, 0.25) is 0 Å². The Balaban J connectivity index is 2.08. The van der Waals surface area contributed by atoms with Crippen LogP contribution in [0.5, 0.6) is 0 Å². The van der Waals surface area contributed by atoms with Crippen LogP contribution in [0.3, 0.4) is 0 Å². The van der Waals surface area contributed by atoms with Gasteiger partial charge in [-0.15, -0.1) is 0 Å². The van der Waals surface area contributed by atoms with Crippen molar-refractivity contribution >= 4 is 11.6 Å². The Morgan fingerprint density at radius 3 is 2.74 bits per heavy atom. The Hall–Kier alpha value is -1.36. The number of anilines is 2. The number of piperidine rings is 1. The molecule has 2 heterocycles. The molecular formula is C14H24N4O. The van der Waals surface area contributed by atoms with E-state index in [0.717, 1.165) is 56.1 Å². The van der Waals surface area contributed by atoms with Crippen molar-refractivity contribution < 1.29 is 4.74 Å². The summed E-state index contributed by atoms with van der Waals surface area (Å²) in [5.41, 5.74) is 1.15. The van der Waals surface area contributed by atoms with Gasteiger partial charge in [0.05, 0.1) is 6.10 Å². The van der Waals surface area contributed by atoms with Gasteiger partial charge in [-0.3, -0.25) is 0 Å². The van der Waals surface area contributed by atoms with E-state index in [2.05, 4.69) is 34.0 Å². The first kappa shape index (κ1) is 14.1. The topological polar surface area (TPSA) is 50.3 Å². The zero-order chi connectivity index (χ0) is 13.7. The minimum atomic E-state index is 0.399. The molecule has 19 heavy (non-hydrogen) atoms. The summed E-state index contributed by atoms with van der Waals surface area (Å²) in [6.45, 7) is 7.20. The van der Waals surface area contributed by atoms with Crippen molar-refractivity contribution in [3.63, 3.8) is 0 Å². The van der Waals surface area contributed by atoms with Crippen LogP contribution in [-0.2, 0) is 4.74 Å². The van der Waals surface area contributed by atoms with E-state index in [9.17, 15) is 0 Å². The lowest BCUT2D eigenvalue weighted by Gasteiger charge is -2.33. The minimum absolute atomic E-state index is 0.399. The second kappa shape index (κ2) is 6.70. The molecule has 106 valence electrons. The Kier molecular flexibility index (Phi) is 4.96. The lowest BCUT2D eigenvalue weighted by Crippen LogP contribution is -2.37. The monoisotopic (exact) mass is 264 g/mol. The van der Waals surface area contributed by atoms with Gasteiger partial charge in [0.2, 0.25) is 0 Å². The lowest BCUT2D eigenvalue weighted by atomic mass is 10.1. The summed E-state index contributed by atoms with van der Waals surface area (Å²) >= 11 is 0. The SMILES string of the molecule is CCCNc1ncnc(N2CCC(OC)CC2)c1C. The van der Waals surface area contributed by atoms with E-state index in [1.807, 2.05) is 0 Å². The molecule has 0 unspecified atom stereocenters. The van der Waals surface area contributed by atoms with Crippen LogP contribution in [0.15, 0.2) is 6.33 Å². The smallest absolute Gasteiger partial charge is 0.137 e. The Morgan fingerprint density at radius 1 is 1.37 bits per heavy atom. The molecular weight excluding hydrogens is 240 g/mol. The molecule has 1 aromatic rings. The molecule has 1 N–H and O–H groups in total. The molecule has 0 saturated carbocycles. The third-order valence-electron chi connectivity index (χ3n) is 3.67. The summed E-state index contributed by atoms with van der Waals surface area (Å²) in [7, 11) is 1.79. The molecule has 1 saturated heterocycles. The molecule has 1 fully saturated rings. The van der Waals surface area contributed by atoms with E-state index < -0.39 is 0 Å². The fraction of sp³-hybridized carbons (Fsp3) is 0.714. The van der Waals surface area contributed by atoms with Gasteiger partial charge in [0.25, 0.3) is 0 Å². The zero-order valence-corrected chi connectivity index (χ0v) is 12.1. The van der Waals surface area contributed by atoms with Crippen molar-refractivity contribution in [2.45, 2.75) is 39.2 Å². The molecule has 0 bridgehead atoms. The van der Waals surface area contributed by atoms with Crippen molar-refractivity contribution in [1.29, 1.82) is 0 Å². The second-order valence-corrected chi connectivity index (χ2v) is 5.02. The average molecular weight is 264 g/mol. The molecule has 1 aliphatic heterocycles. The Bertz CT molecular complexity index is 402. The summed E-state index contributed by atoms with van der Waals surface area (Å²) in [6, 6.07) is 0. The summed E-state index contributed by atoms with van der Waals surface area (Å²) in [5, 5.41) is 3.36. The van der Waals surface area contributed by atoms with Crippen molar-refractivity contribution in [2.24, 2.45) is 0 Å². The van der Waals surface area contributed by atoms with Gasteiger partial charge in [-0.05, 0) is 26.2 Å². The number of aromatic nitrogens is 2. The summed E-state index contributed by atoms with van der Waals surface area (Å²) in [5.74, 6) is 2.02. The average Bonchev–Trinajstić information content (AvgIpc) is 2.46. The fourth-order valence-electron chi connectivity index (χ4n) is 2.48. The molecule has 1 aromatic heterocycles. The van der Waals surface area contributed by atoms with Crippen LogP contribution in [0.4, 0.5) is 11.6 Å². The third-order valence-corrected chi connectivity index (χ3v) is 3.67. The number of hydrogen-bond donors (Lipinski definition) is 1. The molecule has 1 aliphatic rings.